The summed E-state index contributed by atoms with van der Waals surface area (Å²) in [6.45, 7) is 2.74. The van der Waals surface area contributed by atoms with Gasteiger partial charge < -0.3 is 10.2 Å². The summed E-state index contributed by atoms with van der Waals surface area (Å²) in [6, 6.07) is 22.4. The summed E-state index contributed by atoms with van der Waals surface area (Å²) in [5.74, 6) is 0.577. The zero-order valence-corrected chi connectivity index (χ0v) is 15.3. The molecule has 2 aromatic carbocycles. The summed E-state index contributed by atoms with van der Waals surface area (Å²) in [5, 5.41) is 11.4. The van der Waals surface area contributed by atoms with Crippen LogP contribution in [0.4, 0.5) is 11.5 Å². The molecule has 0 aliphatic carbocycles. The monoisotopic (exact) mass is 358 g/mol. The molecule has 0 saturated carbocycles. The van der Waals surface area contributed by atoms with Crippen LogP contribution in [0.25, 0.3) is 0 Å². The van der Waals surface area contributed by atoms with E-state index >= 15 is 0 Å². The molecular formula is C22H22N4O. The number of hydrogen-bond acceptors (Lipinski definition) is 4. The van der Waals surface area contributed by atoms with Crippen molar-refractivity contribution in [3.63, 3.8) is 0 Å². The minimum Gasteiger partial charge on any atom is -0.350 e. The van der Waals surface area contributed by atoms with Gasteiger partial charge in [0.15, 0.2) is 11.5 Å². The number of amides is 1. The number of aromatic nitrogens is 2. The van der Waals surface area contributed by atoms with Gasteiger partial charge in [0.05, 0.1) is 0 Å². The van der Waals surface area contributed by atoms with Gasteiger partial charge in [-0.3, -0.25) is 4.79 Å². The lowest BCUT2D eigenvalue weighted by Gasteiger charge is -2.23. The van der Waals surface area contributed by atoms with Crippen molar-refractivity contribution in [2.75, 3.05) is 11.4 Å². The first-order chi connectivity index (χ1) is 13.2. The second kappa shape index (κ2) is 7.58. The highest BCUT2D eigenvalue weighted by Crippen LogP contribution is 2.36. The van der Waals surface area contributed by atoms with E-state index in [1.54, 1.807) is 6.07 Å². The fourth-order valence-electron chi connectivity index (χ4n) is 3.55. The second-order valence-corrected chi connectivity index (χ2v) is 6.82. The van der Waals surface area contributed by atoms with Crippen molar-refractivity contribution in [1.29, 1.82) is 0 Å². The van der Waals surface area contributed by atoms with Crippen LogP contribution >= 0.6 is 0 Å². The van der Waals surface area contributed by atoms with E-state index in [0.717, 1.165) is 18.7 Å². The van der Waals surface area contributed by atoms with Crippen molar-refractivity contribution in [2.45, 2.75) is 25.8 Å². The van der Waals surface area contributed by atoms with Crippen molar-refractivity contribution in [3.05, 3.63) is 83.6 Å². The Morgan fingerprint density at radius 3 is 2.59 bits per heavy atom. The molecule has 0 fully saturated rings. The average molecular weight is 358 g/mol. The van der Waals surface area contributed by atoms with E-state index < -0.39 is 0 Å². The minimum absolute atomic E-state index is 0.195. The molecule has 1 amide bonds. The van der Waals surface area contributed by atoms with E-state index in [4.69, 9.17) is 0 Å². The number of benzene rings is 2. The second-order valence-electron chi connectivity index (χ2n) is 6.82. The first-order valence-corrected chi connectivity index (χ1v) is 9.25. The lowest BCUT2D eigenvalue weighted by Crippen LogP contribution is -2.28. The first kappa shape index (κ1) is 17.2. The Balaban J connectivity index is 1.41. The van der Waals surface area contributed by atoms with Crippen molar-refractivity contribution in [3.8, 4) is 0 Å². The topological polar surface area (TPSA) is 58.1 Å². The number of rotatable bonds is 5. The minimum atomic E-state index is -0.195. The van der Waals surface area contributed by atoms with Gasteiger partial charge in [-0.25, -0.2) is 0 Å². The number of fused-ring (bicyclic) bond motifs is 1. The molecule has 1 aromatic heterocycles. The van der Waals surface area contributed by atoms with Gasteiger partial charge in [-0.2, -0.15) is 0 Å². The lowest BCUT2D eigenvalue weighted by molar-refractivity contribution is 0.0948. The SMILES string of the molecule is CC1Cc2ccccc2N1c1ccc(C(=O)NCCc2ccccc2)nn1. The maximum atomic E-state index is 12.3. The Labute approximate surface area is 159 Å². The van der Waals surface area contributed by atoms with Gasteiger partial charge >= 0.3 is 0 Å². The molecule has 4 rings (SSSR count). The van der Waals surface area contributed by atoms with Gasteiger partial charge in [-0.15, -0.1) is 10.2 Å². The zero-order chi connectivity index (χ0) is 18.6. The Morgan fingerprint density at radius 2 is 1.81 bits per heavy atom. The Morgan fingerprint density at radius 1 is 1.04 bits per heavy atom. The van der Waals surface area contributed by atoms with Gasteiger partial charge in [0.2, 0.25) is 0 Å². The van der Waals surface area contributed by atoms with Crippen LogP contribution in [0.5, 0.6) is 0 Å². The van der Waals surface area contributed by atoms with Crippen LogP contribution in [0.15, 0.2) is 66.7 Å². The largest absolute Gasteiger partial charge is 0.350 e. The first-order valence-electron chi connectivity index (χ1n) is 9.25. The van der Waals surface area contributed by atoms with Gasteiger partial charge in [-0.05, 0) is 49.1 Å². The van der Waals surface area contributed by atoms with Crippen molar-refractivity contribution in [2.24, 2.45) is 0 Å². The van der Waals surface area contributed by atoms with Crippen LogP contribution < -0.4 is 10.2 Å². The van der Waals surface area contributed by atoms with Crippen LogP contribution in [-0.4, -0.2) is 28.7 Å². The van der Waals surface area contributed by atoms with Crippen LogP contribution in [-0.2, 0) is 12.8 Å². The standard InChI is InChI=1S/C22H22N4O/c1-16-15-18-9-5-6-10-20(18)26(16)21-12-11-19(24-25-21)22(27)23-14-13-17-7-3-2-4-8-17/h2-12,16H,13-15H2,1H3,(H,23,27). The number of carbonyl (C=O) groups is 1. The van der Waals surface area contributed by atoms with E-state index in [1.807, 2.05) is 30.3 Å². The van der Waals surface area contributed by atoms with Crippen LogP contribution in [0.2, 0.25) is 0 Å². The predicted molar refractivity (Wildman–Crippen MR) is 106 cm³/mol. The van der Waals surface area contributed by atoms with Gasteiger partial charge in [0.25, 0.3) is 5.91 Å². The van der Waals surface area contributed by atoms with E-state index in [2.05, 4.69) is 57.7 Å². The maximum Gasteiger partial charge on any atom is 0.271 e. The molecule has 1 unspecified atom stereocenters. The van der Waals surface area contributed by atoms with E-state index in [1.165, 1.54) is 16.8 Å². The van der Waals surface area contributed by atoms with Crippen molar-refractivity contribution >= 4 is 17.4 Å². The molecule has 0 saturated heterocycles. The zero-order valence-electron chi connectivity index (χ0n) is 15.3. The number of nitrogens with zero attached hydrogens (tertiary/aromatic N) is 3. The highest BCUT2D eigenvalue weighted by atomic mass is 16.1. The Hall–Kier alpha value is -3.21. The molecule has 5 nitrogen and oxygen atoms in total. The number of hydrogen-bond donors (Lipinski definition) is 1. The molecule has 3 aromatic rings. The quantitative estimate of drug-likeness (QED) is 0.758. The molecule has 1 atom stereocenters. The molecule has 0 bridgehead atoms. The number of para-hydroxylation sites is 1. The van der Waals surface area contributed by atoms with E-state index in [-0.39, 0.29) is 5.91 Å². The van der Waals surface area contributed by atoms with Gasteiger partial charge in [-0.1, -0.05) is 48.5 Å². The summed E-state index contributed by atoms with van der Waals surface area (Å²) in [7, 11) is 0. The van der Waals surface area contributed by atoms with Gasteiger partial charge in [0, 0.05) is 18.3 Å². The molecule has 5 heteroatoms. The summed E-state index contributed by atoms with van der Waals surface area (Å²) < 4.78 is 0. The van der Waals surface area contributed by atoms with Crippen molar-refractivity contribution in [1.82, 2.24) is 15.5 Å². The third-order valence-corrected chi connectivity index (χ3v) is 4.88. The number of nitrogens with one attached hydrogen (secondary N) is 1. The lowest BCUT2D eigenvalue weighted by atomic mass is 10.1. The molecule has 0 radical (unpaired) electrons. The fraction of sp³-hybridized carbons (Fsp3) is 0.227. The van der Waals surface area contributed by atoms with E-state index in [0.29, 0.717) is 18.3 Å². The predicted octanol–water partition coefficient (Wildman–Crippen LogP) is 3.53. The molecule has 1 aliphatic heterocycles. The van der Waals surface area contributed by atoms with Crippen molar-refractivity contribution < 1.29 is 4.79 Å². The summed E-state index contributed by atoms with van der Waals surface area (Å²) >= 11 is 0. The summed E-state index contributed by atoms with van der Waals surface area (Å²) in [5.41, 5.74) is 4.02. The van der Waals surface area contributed by atoms with Gasteiger partial charge in [0.1, 0.15) is 0 Å². The third kappa shape index (κ3) is 3.67. The highest BCUT2D eigenvalue weighted by Gasteiger charge is 2.28. The molecule has 27 heavy (non-hydrogen) atoms. The molecule has 1 N–H and O–H groups in total. The molecule has 0 spiro atoms. The summed E-state index contributed by atoms with van der Waals surface area (Å²) in [4.78, 5) is 14.5. The Kier molecular flexibility index (Phi) is 4.83. The van der Waals surface area contributed by atoms with Crippen LogP contribution in [0, 0.1) is 0 Å². The van der Waals surface area contributed by atoms with E-state index in [9.17, 15) is 4.79 Å². The number of carbonyl (C=O) groups excluding carboxylic acids is 1. The maximum absolute atomic E-state index is 12.3. The molecule has 136 valence electrons. The van der Waals surface area contributed by atoms with Crippen LogP contribution in [0.1, 0.15) is 28.5 Å². The molecule has 1 aliphatic rings. The van der Waals surface area contributed by atoms with Crippen LogP contribution in [0.3, 0.4) is 0 Å². The Bertz CT molecular complexity index is 925. The normalized spacial score (nSPS) is 15.4. The number of anilines is 2. The molecule has 2 heterocycles. The average Bonchev–Trinajstić information content (AvgIpc) is 3.04. The smallest absolute Gasteiger partial charge is 0.271 e. The third-order valence-electron chi connectivity index (χ3n) is 4.88. The summed E-state index contributed by atoms with van der Waals surface area (Å²) in [6.07, 6.45) is 1.78. The molecular weight excluding hydrogens is 336 g/mol. The highest BCUT2D eigenvalue weighted by molar-refractivity contribution is 5.92. The fourth-order valence-corrected chi connectivity index (χ4v) is 3.55.